The smallest absolute Gasteiger partial charge is 0.187 e. The van der Waals surface area contributed by atoms with E-state index in [0.717, 1.165) is 38.5 Å². The van der Waals surface area contributed by atoms with Gasteiger partial charge in [0.15, 0.2) is 35.0 Å². The Hall–Kier alpha value is -2.45. The molecule has 0 bridgehead atoms. The van der Waals surface area contributed by atoms with Crippen molar-refractivity contribution >= 4 is 17.3 Å². The molecule has 0 spiro atoms. The normalized spacial score (nSPS) is 19.1. The predicted molar refractivity (Wildman–Crippen MR) is 140 cm³/mol. The Morgan fingerprint density at radius 1 is 0.514 bits per heavy atom. The van der Waals surface area contributed by atoms with E-state index in [1.807, 2.05) is 0 Å². The molecule has 0 heterocycles. The first-order valence-electron chi connectivity index (χ1n) is 13.1. The van der Waals surface area contributed by atoms with Crippen molar-refractivity contribution in [2.45, 2.75) is 116 Å². The monoisotopic (exact) mass is 563 g/mol. The molecule has 6 N–H and O–H groups in total. The van der Waals surface area contributed by atoms with Crippen LogP contribution in [0.25, 0.3) is 0 Å². The molecule has 0 aromatic rings. The van der Waals surface area contributed by atoms with E-state index in [2.05, 4.69) is 16.0 Å². The second kappa shape index (κ2) is 19.6. The maximum absolute atomic E-state index is 10.6. The fourth-order valence-corrected chi connectivity index (χ4v) is 4.54. The summed E-state index contributed by atoms with van der Waals surface area (Å²) in [5.41, 5.74) is 0. The molecule has 37 heavy (non-hydrogen) atoms. The van der Waals surface area contributed by atoms with Crippen LogP contribution in [-0.4, -0.2) is 50.8 Å². The first kappa shape index (κ1) is 34.5. The van der Waals surface area contributed by atoms with E-state index in [-0.39, 0.29) is 52.1 Å². The predicted octanol–water partition coefficient (Wildman–Crippen LogP) is 4.52. The fraction of sp³-hybridized carbons (Fsp3) is 0.667. The SMILES string of the molecule is CC(=O)C=C(O)NC1CCCC1.CC(=O)C=C(O)NC1CCCC1.CC(=O)C=C(O)NC1CCCC1.[Fe]. The Balaban J connectivity index is 0.000000518. The molecule has 0 radical (unpaired) electrons. The summed E-state index contributed by atoms with van der Waals surface area (Å²) in [6, 6.07) is 1.08. The average molecular weight is 564 g/mol. The number of hydrogen-bond acceptors (Lipinski definition) is 9. The molecule has 3 fully saturated rings. The third kappa shape index (κ3) is 18.4. The van der Waals surface area contributed by atoms with Crippen LogP contribution in [0, 0.1) is 0 Å². The number of carbonyl (C=O) groups excluding carboxylic acids is 3. The van der Waals surface area contributed by atoms with Gasteiger partial charge < -0.3 is 31.3 Å². The third-order valence-electron chi connectivity index (χ3n) is 6.14. The maximum Gasteiger partial charge on any atom is 0.187 e. The van der Waals surface area contributed by atoms with Gasteiger partial charge in [-0.2, -0.15) is 0 Å². The second-order valence-corrected chi connectivity index (χ2v) is 9.80. The molecule has 3 aliphatic rings. The van der Waals surface area contributed by atoms with E-state index in [1.54, 1.807) is 0 Å². The number of nitrogens with one attached hydrogen (secondary N) is 3. The van der Waals surface area contributed by atoms with Gasteiger partial charge in [0.25, 0.3) is 0 Å². The van der Waals surface area contributed by atoms with E-state index in [0.29, 0.717) is 18.1 Å². The molecule has 9 nitrogen and oxygen atoms in total. The number of hydrogen-bond donors (Lipinski definition) is 6. The van der Waals surface area contributed by atoms with Gasteiger partial charge in [0, 0.05) is 53.4 Å². The molecule has 3 aliphatic carbocycles. The largest absolute Gasteiger partial charge is 0.495 e. The van der Waals surface area contributed by atoms with Crippen molar-refractivity contribution in [1.29, 1.82) is 0 Å². The zero-order chi connectivity index (χ0) is 26.9. The van der Waals surface area contributed by atoms with Crippen LogP contribution in [0.4, 0.5) is 0 Å². The summed E-state index contributed by atoms with van der Waals surface area (Å²) in [4.78, 5) is 31.7. The van der Waals surface area contributed by atoms with Gasteiger partial charge in [0.1, 0.15) is 0 Å². The average Bonchev–Trinajstić information content (AvgIpc) is 3.51. The minimum absolute atomic E-state index is 0. The molecule has 0 amide bonds. The number of allylic oxidation sites excluding steroid dienone is 3. The number of rotatable bonds is 9. The van der Waals surface area contributed by atoms with Gasteiger partial charge in [0.05, 0.1) is 0 Å². The molecule has 0 aromatic heterocycles. The van der Waals surface area contributed by atoms with Crippen LogP contribution in [0.2, 0.25) is 0 Å². The summed E-state index contributed by atoms with van der Waals surface area (Å²) in [6.45, 7) is 4.27. The zero-order valence-corrected chi connectivity index (χ0v) is 23.5. The van der Waals surface area contributed by atoms with Gasteiger partial charge in [-0.05, 0) is 59.3 Å². The molecule has 3 saturated carbocycles. The van der Waals surface area contributed by atoms with Crippen LogP contribution in [0.1, 0.15) is 97.8 Å². The molecule has 0 aromatic carbocycles. The van der Waals surface area contributed by atoms with Crippen molar-refractivity contribution in [3.8, 4) is 0 Å². The second-order valence-electron chi connectivity index (χ2n) is 9.80. The Morgan fingerprint density at radius 3 is 0.865 bits per heavy atom. The zero-order valence-electron chi connectivity index (χ0n) is 22.4. The molecule has 10 heteroatoms. The van der Waals surface area contributed by atoms with Crippen LogP contribution in [0.15, 0.2) is 35.9 Å². The van der Waals surface area contributed by atoms with Crippen LogP contribution in [0.3, 0.4) is 0 Å². The molecule has 212 valence electrons. The molecule has 3 rings (SSSR count). The number of aliphatic hydroxyl groups excluding tert-OH is 3. The van der Waals surface area contributed by atoms with E-state index >= 15 is 0 Å². The summed E-state index contributed by atoms with van der Waals surface area (Å²) in [5, 5.41) is 36.3. The van der Waals surface area contributed by atoms with Crippen molar-refractivity contribution in [2.24, 2.45) is 0 Å². The number of carbonyl (C=O) groups is 3. The summed E-state index contributed by atoms with van der Waals surface area (Å²) >= 11 is 0. The molecular weight excluding hydrogens is 518 g/mol. The van der Waals surface area contributed by atoms with Crippen LogP contribution in [0.5, 0.6) is 0 Å². The van der Waals surface area contributed by atoms with Crippen LogP contribution < -0.4 is 16.0 Å². The molecule has 0 atom stereocenters. The number of aliphatic hydroxyl groups is 3. The minimum atomic E-state index is -0.127. The first-order chi connectivity index (χ1) is 17.0. The van der Waals surface area contributed by atoms with Crippen molar-refractivity contribution in [3.05, 3.63) is 35.9 Å². The van der Waals surface area contributed by atoms with E-state index in [4.69, 9.17) is 0 Å². The molecule has 0 aliphatic heterocycles. The summed E-state index contributed by atoms with van der Waals surface area (Å²) in [5.74, 6) is -0.354. The molecule has 0 unspecified atom stereocenters. The fourth-order valence-electron chi connectivity index (χ4n) is 4.54. The van der Waals surface area contributed by atoms with E-state index in [1.165, 1.54) is 77.5 Å². The van der Waals surface area contributed by atoms with Gasteiger partial charge in [-0.15, -0.1) is 0 Å². The summed E-state index contributed by atoms with van der Waals surface area (Å²) < 4.78 is 0. The standard InChI is InChI=1S/3C9H15NO2.Fe/c3*1-7(11)6-9(12)10-8-4-2-3-5-8;/h3*6,8,10,12H,2-5H2,1H3;. The Kier molecular flexibility index (Phi) is 18.3. The quantitative estimate of drug-likeness (QED) is 0.135. The van der Waals surface area contributed by atoms with Gasteiger partial charge in [-0.3, -0.25) is 14.4 Å². The van der Waals surface area contributed by atoms with Crippen molar-refractivity contribution in [3.63, 3.8) is 0 Å². The number of ketones is 3. The summed E-state index contributed by atoms with van der Waals surface area (Å²) in [7, 11) is 0. The Labute approximate surface area is 231 Å². The first-order valence-corrected chi connectivity index (χ1v) is 13.1. The van der Waals surface area contributed by atoms with Gasteiger partial charge in [-0.1, -0.05) is 38.5 Å². The van der Waals surface area contributed by atoms with Crippen molar-refractivity contribution in [1.82, 2.24) is 16.0 Å². The Bertz CT molecular complexity index is 689. The maximum atomic E-state index is 10.6. The van der Waals surface area contributed by atoms with Gasteiger partial charge in [0.2, 0.25) is 0 Å². The Morgan fingerprint density at radius 2 is 0.703 bits per heavy atom. The van der Waals surface area contributed by atoms with Crippen LogP contribution in [-0.2, 0) is 31.5 Å². The van der Waals surface area contributed by atoms with Gasteiger partial charge >= 0.3 is 0 Å². The topological polar surface area (TPSA) is 148 Å². The summed E-state index contributed by atoms with van der Waals surface area (Å²) in [6.07, 6.45) is 17.5. The molecular formula is C27H45FeN3O6. The van der Waals surface area contributed by atoms with Crippen LogP contribution >= 0.6 is 0 Å². The van der Waals surface area contributed by atoms with E-state index < -0.39 is 0 Å². The van der Waals surface area contributed by atoms with Gasteiger partial charge in [-0.25, -0.2) is 0 Å². The van der Waals surface area contributed by atoms with Crippen molar-refractivity contribution in [2.75, 3.05) is 0 Å². The van der Waals surface area contributed by atoms with Crippen molar-refractivity contribution < 1.29 is 46.8 Å². The molecule has 0 saturated heterocycles. The van der Waals surface area contributed by atoms with E-state index in [9.17, 15) is 29.7 Å². The third-order valence-corrected chi connectivity index (χ3v) is 6.14. The minimum Gasteiger partial charge on any atom is -0.495 e.